The maximum Gasteiger partial charge on any atom is 0.270 e. The summed E-state index contributed by atoms with van der Waals surface area (Å²) in [6.07, 6.45) is 2.70. The van der Waals surface area contributed by atoms with Gasteiger partial charge >= 0.3 is 0 Å². The van der Waals surface area contributed by atoms with Crippen molar-refractivity contribution in [2.24, 2.45) is 0 Å². The molecule has 0 aliphatic carbocycles. The molecule has 0 atom stereocenters. The topological polar surface area (TPSA) is 64.0 Å². The van der Waals surface area contributed by atoms with Gasteiger partial charge in [0.15, 0.2) is 0 Å². The average Bonchev–Trinajstić information content (AvgIpc) is 2.93. The molecule has 0 bridgehead atoms. The van der Waals surface area contributed by atoms with Gasteiger partial charge in [-0.25, -0.2) is 16.8 Å². The van der Waals surface area contributed by atoms with Crippen LogP contribution in [-0.4, -0.2) is 24.4 Å². The van der Waals surface area contributed by atoms with Crippen LogP contribution < -0.4 is 5.32 Å². The van der Waals surface area contributed by atoms with Gasteiger partial charge < -0.3 is 5.32 Å². The highest BCUT2D eigenvalue weighted by atomic mass is 35.5. The molecule has 0 unspecified atom stereocenters. The van der Waals surface area contributed by atoms with Crippen LogP contribution in [0.15, 0.2) is 59.8 Å². The summed E-state index contributed by atoms with van der Waals surface area (Å²) in [6, 6.07) is 10.5. The predicted molar refractivity (Wildman–Crippen MR) is 94.4 cm³/mol. The molecule has 0 saturated carbocycles. The first-order valence-corrected chi connectivity index (χ1v) is 9.24. The molecule has 0 spiro atoms. The van der Waals surface area contributed by atoms with Gasteiger partial charge in [-0.3, -0.25) is 4.98 Å². The van der Waals surface area contributed by atoms with Gasteiger partial charge in [0, 0.05) is 30.1 Å². The Hall–Kier alpha value is -2.22. The van der Waals surface area contributed by atoms with Gasteiger partial charge in [0.1, 0.15) is 15.9 Å². The summed E-state index contributed by atoms with van der Waals surface area (Å²) in [5, 5.41) is 2.93. The second-order valence-corrected chi connectivity index (χ2v) is 7.46. The molecule has 0 amide bonds. The number of hydrogen-bond donors (Lipinski definition) is 1. The Kier molecular flexibility index (Phi) is 4.89. The van der Waals surface area contributed by atoms with Gasteiger partial charge in [0.05, 0.1) is 5.69 Å². The second-order valence-electron chi connectivity index (χ2n) is 5.31. The zero-order chi connectivity index (χ0) is 18.0. The van der Waals surface area contributed by atoms with E-state index < -0.39 is 15.8 Å². The minimum absolute atomic E-state index is 0.0106. The van der Waals surface area contributed by atoms with E-state index in [0.717, 1.165) is 3.97 Å². The zero-order valence-electron chi connectivity index (χ0n) is 13.3. The fraction of sp³-hybridized carbons (Fsp3) is 0.118. The number of hydrogen-bond acceptors (Lipinski definition) is 4. The Labute approximate surface area is 150 Å². The van der Waals surface area contributed by atoms with Crippen LogP contribution in [0.25, 0.3) is 11.3 Å². The quantitative estimate of drug-likeness (QED) is 0.738. The lowest BCUT2D eigenvalue weighted by molar-refractivity contribution is 0.587. The van der Waals surface area contributed by atoms with E-state index in [1.165, 1.54) is 42.7 Å². The first-order chi connectivity index (χ1) is 12.0. The fourth-order valence-electron chi connectivity index (χ4n) is 2.53. The molecule has 3 aromatic rings. The van der Waals surface area contributed by atoms with Crippen molar-refractivity contribution in [3.05, 3.63) is 71.4 Å². The maximum absolute atomic E-state index is 14.3. The van der Waals surface area contributed by atoms with E-state index >= 15 is 0 Å². The van der Waals surface area contributed by atoms with Crippen molar-refractivity contribution in [1.29, 1.82) is 0 Å². The molecule has 3 rings (SSSR count). The molecule has 130 valence electrons. The van der Waals surface area contributed by atoms with E-state index in [1.54, 1.807) is 19.2 Å². The van der Waals surface area contributed by atoms with Crippen molar-refractivity contribution < 1.29 is 12.8 Å². The highest BCUT2D eigenvalue weighted by molar-refractivity contribution is 7.90. The molecule has 25 heavy (non-hydrogen) atoms. The molecule has 0 radical (unpaired) electrons. The van der Waals surface area contributed by atoms with Crippen LogP contribution >= 0.6 is 11.6 Å². The SMILES string of the molecule is CNCc1cc(-c2ccccc2F)n(S(=O)(=O)c2cccnc2)c1Cl. The second kappa shape index (κ2) is 6.95. The van der Waals surface area contributed by atoms with Crippen molar-refractivity contribution in [2.75, 3.05) is 7.05 Å². The number of nitrogens with zero attached hydrogens (tertiary/aromatic N) is 2. The predicted octanol–water partition coefficient (Wildman–Crippen LogP) is 3.30. The van der Waals surface area contributed by atoms with Crippen LogP contribution in [0.4, 0.5) is 4.39 Å². The number of aromatic nitrogens is 2. The van der Waals surface area contributed by atoms with Gasteiger partial charge in [-0.15, -0.1) is 0 Å². The van der Waals surface area contributed by atoms with Crippen molar-refractivity contribution in [1.82, 2.24) is 14.3 Å². The number of benzene rings is 1. The monoisotopic (exact) mass is 379 g/mol. The van der Waals surface area contributed by atoms with Crippen LogP contribution in [-0.2, 0) is 16.6 Å². The lowest BCUT2D eigenvalue weighted by Gasteiger charge is -2.12. The van der Waals surface area contributed by atoms with Crippen LogP contribution in [0.2, 0.25) is 5.15 Å². The lowest BCUT2D eigenvalue weighted by Crippen LogP contribution is -2.15. The first-order valence-electron chi connectivity index (χ1n) is 7.42. The van der Waals surface area contributed by atoms with Crippen molar-refractivity contribution >= 4 is 21.6 Å². The molecular formula is C17H15ClFN3O2S. The third kappa shape index (κ3) is 3.18. The smallest absolute Gasteiger partial charge is 0.270 e. The van der Waals surface area contributed by atoms with Crippen molar-refractivity contribution in [3.63, 3.8) is 0 Å². The number of rotatable bonds is 5. The molecule has 0 fully saturated rings. The molecule has 2 aromatic heterocycles. The highest BCUT2D eigenvalue weighted by Gasteiger charge is 2.27. The minimum Gasteiger partial charge on any atom is -0.316 e. The number of pyridine rings is 1. The summed E-state index contributed by atoms with van der Waals surface area (Å²) in [5.74, 6) is -0.532. The van der Waals surface area contributed by atoms with Gasteiger partial charge in [-0.05, 0) is 37.4 Å². The van der Waals surface area contributed by atoms with E-state index in [-0.39, 0.29) is 21.3 Å². The van der Waals surface area contributed by atoms with Gasteiger partial charge in [0.2, 0.25) is 0 Å². The summed E-state index contributed by atoms with van der Waals surface area (Å²) in [4.78, 5) is 3.82. The van der Waals surface area contributed by atoms with E-state index in [4.69, 9.17) is 11.6 Å². The van der Waals surface area contributed by atoms with Crippen molar-refractivity contribution in [3.8, 4) is 11.3 Å². The molecule has 0 aliphatic heterocycles. The van der Waals surface area contributed by atoms with E-state index in [0.29, 0.717) is 12.1 Å². The summed E-state index contributed by atoms with van der Waals surface area (Å²) in [6.45, 7) is 0.343. The Balaban J connectivity index is 2.31. The third-order valence-electron chi connectivity index (χ3n) is 3.66. The van der Waals surface area contributed by atoms with E-state index in [1.807, 2.05) is 0 Å². The summed E-state index contributed by atoms with van der Waals surface area (Å²) in [7, 11) is -2.32. The maximum atomic E-state index is 14.3. The Bertz CT molecular complexity index is 1000. The Morgan fingerprint density at radius 3 is 2.64 bits per heavy atom. The fourth-order valence-corrected chi connectivity index (χ4v) is 4.41. The lowest BCUT2D eigenvalue weighted by atomic mass is 10.1. The number of halogens is 2. The van der Waals surface area contributed by atoms with Crippen LogP contribution in [0, 0.1) is 5.82 Å². The third-order valence-corrected chi connectivity index (χ3v) is 5.87. The highest BCUT2D eigenvalue weighted by Crippen LogP contribution is 2.34. The molecule has 1 N–H and O–H groups in total. The van der Waals surface area contributed by atoms with Crippen LogP contribution in [0.3, 0.4) is 0 Å². The van der Waals surface area contributed by atoms with Gasteiger partial charge in [-0.1, -0.05) is 23.7 Å². The average molecular weight is 380 g/mol. The largest absolute Gasteiger partial charge is 0.316 e. The standard InChI is InChI=1S/C17H15ClFN3O2S/c1-20-10-12-9-16(14-6-2-3-7-15(14)19)22(17(12)18)25(23,24)13-5-4-8-21-11-13/h2-9,11,20H,10H2,1H3. The molecule has 2 heterocycles. The molecule has 1 aromatic carbocycles. The number of nitrogens with one attached hydrogen (secondary N) is 1. The summed E-state index contributed by atoms with van der Waals surface area (Å²) in [5.41, 5.74) is 0.867. The summed E-state index contributed by atoms with van der Waals surface area (Å²) < 4.78 is 41.4. The molecule has 0 saturated heterocycles. The Morgan fingerprint density at radius 2 is 2.00 bits per heavy atom. The summed E-state index contributed by atoms with van der Waals surface area (Å²) >= 11 is 6.35. The van der Waals surface area contributed by atoms with Crippen LogP contribution in [0.5, 0.6) is 0 Å². The Morgan fingerprint density at radius 1 is 1.24 bits per heavy atom. The van der Waals surface area contributed by atoms with Crippen LogP contribution in [0.1, 0.15) is 5.56 Å². The first kappa shape index (κ1) is 17.6. The molecule has 8 heteroatoms. The van der Waals surface area contributed by atoms with Gasteiger partial charge in [-0.2, -0.15) is 0 Å². The molecule has 5 nitrogen and oxygen atoms in total. The van der Waals surface area contributed by atoms with Crippen molar-refractivity contribution in [2.45, 2.75) is 11.4 Å². The van der Waals surface area contributed by atoms with E-state index in [2.05, 4.69) is 10.3 Å². The minimum atomic E-state index is -4.03. The zero-order valence-corrected chi connectivity index (χ0v) is 14.9. The molecule has 0 aliphatic rings. The van der Waals surface area contributed by atoms with Gasteiger partial charge in [0.25, 0.3) is 10.0 Å². The normalized spacial score (nSPS) is 11.6. The molecular weight excluding hydrogens is 365 g/mol. The van der Waals surface area contributed by atoms with E-state index in [9.17, 15) is 12.8 Å².